The van der Waals surface area contributed by atoms with Crippen molar-refractivity contribution in [3.63, 3.8) is 0 Å². The van der Waals surface area contributed by atoms with Crippen molar-refractivity contribution in [2.24, 2.45) is 5.73 Å². The third-order valence-electron chi connectivity index (χ3n) is 4.11. The molecule has 0 unspecified atom stereocenters. The molecule has 3 heterocycles. The fourth-order valence-electron chi connectivity index (χ4n) is 2.97. The maximum Gasteiger partial charge on any atom is 0.248 e. The molecule has 0 bridgehead atoms. The van der Waals surface area contributed by atoms with E-state index in [4.69, 9.17) is 5.73 Å². The molecule has 0 fully saturated rings. The maximum atomic E-state index is 11.4. The third-order valence-corrected chi connectivity index (χ3v) is 4.11. The monoisotopic (exact) mass is 293 g/mol. The molecule has 22 heavy (non-hydrogen) atoms. The zero-order valence-electron chi connectivity index (χ0n) is 11.9. The molecule has 0 atom stereocenters. The molecule has 6 nitrogen and oxygen atoms in total. The first-order valence-electron chi connectivity index (χ1n) is 7.16. The normalized spacial score (nSPS) is 13.5. The SMILES string of the molecule is NC(=O)c1ccc2c(c1)N(Cc1cnc3cnccn13)CC2. The van der Waals surface area contributed by atoms with Crippen molar-refractivity contribution in [1.29, 1.82) is 0 Å². The maximum absolute atomic E-state index is 11.4. The molecule has 2 N–H and O–H groups in total. The van der Waals surface area contributed by atoms with E-state index in [0.29, 0.717) is 5.56 Å². The van der Waals surface area contributed by atoms with E-state index in [9.17, 15) is 4.79 Å². The minimum atomic E-state index is -0.393. The van der Waals surface area contributed by atoms with Gasteiger partial charge < -0.3 is 10.6 Å². The van der Waals surface area contributed by atoms with Crippen molar-refractivity contribution in [3.05, 3.63) is 59.8 Å². The number of anilines is 1. The van der Waals surface area contributed by atoms with Gasteiger partial charge in [-0.15, -0.1) is 0 Å². The fourth-order valence-corrected chi connectivity index (χ4v) is 2.97. The Morgan fingerprint density at radius 2 is 2.23 bits per heavy atom. The second-order valence-corrected chi connectivity index (χ2v) is 5.43. The van der Waals surface area contributed by atoms with Gasteiger partial charge in [-0.2, -0.15) is 0 Å². The lowest BCUT2D eigenvalue weighted by molar-refractivity contribution is 0.100. The van der Waals surface area contributed by atoms with E-state index in [0.717, 1.165) is 36.5 Å². The largest absolute Gasteiger partial charge is 0.366 e. The van der Waals surface area contributed by atoms with Crippen LogP contribution in [0.15, 0.2) is 43.0 Å². The lowest BCUT2D eigenvalue weighted by atomic mass is 10.1. The molecule has 0 spiro atoms. The number of imidazole rings is 1. The summed E-state index contributed by atoms with van der Waals surface area (Å²) in [6.07, 6.45) is 8.25. The van der Waals surface area contributed by atoms with Crippen molar-refractivity contribution in [1.82, 2.24) is 14.4 Å². The Hall–Kier alpha value is -2.89. The molecule has 1 amide bonds. The number of nitrogens with two attached hydrogens (primary N) is 1. The Balaban J connectivity index is 1.69. The summed E-state index contributed by atoms with van der Waals surface area (Å²) >= 11 is 0. The molecule has 0 aliphatic carbocycles. The first-order valence-corrected chi connectivity index (χ1v) is 7.16. The highest BCUT2D eigenvalue weighted by molar-refractivity contribution is 5.94. The van der Waals surface area contributed by atoms with Gasteiger partial charge in [0.2, 0.25) is 5.91 Å². The summed E-state index contributed by atoms with van der Waals surface area (Å²) in [7, 11) is 0. The van der Waals surface area contributed by atoms with Gasteiger partial charge >= 0.3 is 0 Å². The number of hydrogen-bond acceptors (Lipinski definition) is 4. The van der Waals surface area contributed by atoms with Gasteiger partial charge in [-0.25, -0.2) is 4.98 Å². The number of carbonyl (C=O) groups is 1. The number of carbonyl (C=O) groups excluding carboxylic acids is 1. The Bertz CT molecular complexity index is 870. The highest BCUT2D eigenvalue weighted by Crippen LogP contribution is 2.30. The molecule has 0 saturated heterocycles. The zero-order valence-corrected chi connectivity index (χ0v) is 11.9. The summed E-state index contributed by atoms with van der Waals surface area (Å²) in [5.41, 5.74) is 10.2. The minimum absolute atomic E-state index is 0.393. The van der Waals surface area contributed by atoms with E-state index in [1.807, 2.05) is 28.9 Å². The van der Waals surface area contributed by atoms with Gasteiger partial charge in [-0.1, -0.05) is 6.07 Å². The van der Waals surface area contributed by atoms with Crippen molar-refractivity contribution in [2.75, 3.05) is 11.4 Å². The van der Waals surface area contributed by atoms with Crippen LogP contribution in [-0.2, 0) is 13.0 Å². The summed E-state index contributed by atoms with van der Waals surface area (Å²) in [6, 6.07) is 5.67. The zero-order chi connectivity index (χ0) is 15.1. The molecule has 1 aliphatic rings. The number of hydrogen-bond donors (Lipinski definition) is 1. The molecule has 0 saturated carbocycles. The molecule has 3 aromatic rings. The molecule has 4 rings (SSSR count). The number of primary amides is 1. The van der Waals surface area contributed by atoms with Crippen LogP contribution in [0.2, 0.25) is 0 Å². The summed E-state index contributed by atoms with van der Waals surface area (Å²) < 4.78 is 2.03. The predicted octanol–water partition coefficient (Wildman–Crippen LogP) is 1.39. The first kappa shape index (κ1) is 12.8. The molecular weight excluding hydrogens is 278 g/mol. The number of benzene rings is 1. The quantitative estimate of drug-likeness (QED) is 0.791. The van der Waals surface area contributed by atoms with Crippen LogP contribution in [-0.4, -0.2) is 26.8 Å². The fraction of sp³-hybridized carbons (Fsp3) is 0.188. The first-order chi connectivity index (χ1) is 10.7. The number of nitrogens with zero attached hydrogens (tertiary/aromatic N) is 4. The number of amides is 1. The van der Waals surface area contributed by atoms with Gasteiger partial charge in [0.25, 0.3) is 0 Å². The Labute approximate surface area is 127 Å². The third kappa shape index (κ3) is 2.00. The van der Waals surface area contributed by atoms with E-state index in [1.54, 1.807) is 18.5 Å². The van der Waals surface area contributed by atoms with Crippen LogP contribution >= 0.6 is 0 Å². The van der Waals surface area contributed by atoms with Gasteiger partial charge in [0.15, 0.2) is 5.65 Å². The molecule has 1 aliphatic heterocycles. The van der Waals surface area contributed by atoms with Crippen LogP contribution in [0.3, 0.4) is 0 Å². The molecule has 0 radical (unpaired) electrons. The summed E-state index contributed by atoms with van der Waals surface area (Å²) in [5.74, 6) is -0.393. The van der Waals surface area contributed by atoms with Gasteiger partial charge in [0, 0.05) is 30.2 Å². The highest BCUT2D eigenvalue weighted by Gasteiger charge is 2.21. The lowest BCUT2D eigenvalue weighted by Crippen LogP contribution is -2.21. The van der Waals surface area contributed by atoms with Gasteiger partial charge in [-0.3, -0.25) is 14.2 Å². The topological polar surface area (TPSA) is 76.5 Å². The van der Waals surface area contributed by atoms with E-state index in [-0.39, 0.29) is 0 Å². The standard InChI is InChI=1S/C16H15N5O/c17-16(22)12-2-1-11-3-5-20(14(11)7-12)10-13-8-19-15-9-18-4-6-21(13)15/h1-2,4,6-9H,3,5,10H2,(H2,17,22). The average molecular weight is 293 g/mol. The van der Waals surface area contributed by atoms with Gasteiger partial charge in [0.05, 0.1) is 24.6 Å². The average Bonchev–Trinajstić information content (AvgIpc) is 3.12. The number of rotatable bonds is 3. The molecule has 2 aromatic heterocycles. The van der Waals surface area contributed by atoms with Crippen molar-refractivity contribution >= 4 is 17.2 Å². The van der Waals surface area contributed by atoms with Crippen LogP contribution in [0.4, 0.5) is 5.69 Å². The molecule has 1 aromatic carbocycles. The van der Waals surface area contributed by atoms with Crippen LogP contribution < -0.4 is 10.6 Å². The number of aromatic nitrogens is 3. The van der Waals surface area contributed by atoms with Crippen LogP contribution in [0.1, 0.15) is 21.6 Å². The van der Waals surface area contributed by atoms with Crippen molar-refractivity contribution in [3.8, 4) is 0 Å². The molecule has 6 heteroatoms. The summed E-state index contributed by atoms with van der Waals surface area (Å²) in [6.45, 7) is 1.66. The Morgan fingerprint density at radius 3 is 3.09 bits per heavy atom. The van der Waals surface area contributed by atoms with E-state index < -0.39 is 5.91 Å². The van der Waals surface area contributed by atoms with E-state index >= 15 is 0 Å². The lowest BCUT2D eigenvalue weighted by Gasteiger charge is -2.19. The van der Waals surface area contributed by atoms with Crippen LogP contribution in [0.25, 0.3) is 5.65 Å². The Kier molecular flexibility index (Phi) is 2.82. The smallest absolute Gasteiger partial charge is 0.248 e. The summed E-state index contributed by atoms with van der Waals surface area (Å²) in [5, 5.41) is 0. The van der Waals surface area contributed by atoms with Gasteiger partial charge in [-0.05, 0) is 24.1 Å². The Morgan fingerprint density at radius 1 is 1.32 bits per heavy atom. The van der Waals surface area contributed by atoms with Crippen LogP contribution in [0, 0.1) is 0 Å². The van der Waals surface area contributed by atoms with Crippen molar-refractivity contribution < 1.29 is 4.79 Å². The minimum Gasteiger partial charge on any atom is -0.366 e. The number of fused-ring (bicyclic) bond motifs is 2. The van der Waals surface area contributed by atoms with Crippen molar-refractivity contribution in [2.45, 2.75) is 13.0 Å². The molecular formula is C16H15N5O. The highest BCUT2D eigenvalue weighted by atomic mass is 16.1. The van der Waals surface area contributed by atoms with E-state index in [2.05, 4.69) is 14.9 Å². The second kappa shape index (κ2) is 4.84. The second-order valence-electron chi connectivity index (χ2n) is 5.43. The van der Waals surface area contributed by atoms with Gasteiger partial charge in [0.1, 0.15) is 0 Å². The van der Waals surface area contributed by atoms with E-state index in [1.165, 1.54) is 5.56 Å². The molecule has 110 valence electrons. The predicted molar refractivity (Wildman–Crippen MR) is 82.7 cm³/mol. The summed E-state index contributed by atoms with van der Waals surface area (Å²) in [4.78, 5) is 22.1. The van der Waals surface area contributed by atoms with Crippen LogP contribution in [0.5, 0.6) is 0 Å².